The van der Waals surface area contributed by atoms with Crippen LogP contribution in [-0.2, 0) is 16.0 Å². The molecule has 0 aliphatic heterocycles. The number of aromatic nitrogens is 3. The van der Waals surface area contributed by atoms with Gasteiger partial charge in [-0.2, -0.15) is 18.3 Å². The predicted octanol–water partition coefficient (Wildman–Crippen LogP) is 2.96. The van der Waals surface area contributed by atoms with Crippen molar-refractivity contribution >= 4 is 21.6 Å². The zero-order valence-electron chi connectivity index (χ0n) is 16.1. The van der Waals surface area contributed by atoms with Gasteiger partial charge in [0, 0.05) is 24.0 Å². The average molecular weight is 433 g/mol. The molecule has 1 aromatic heterocycles. The van der Waals surface area contributed by atoms with Crippen LogP contribution in [0.25, 0.3) is 5.69 Å². The van der Waals surface area contributed by atoms with Gasteiger partial charge in [-0.05, 0) is 32.0 Å². The molecular weight excluding hydrogens is 411 g/mol. The summed E-state index contributed by atoms with van der Waals surface area (Å²) < 4.78 is 65.1. The number of hydrogen-bond donors (Lipinski definition) is 1. The van der Waals surface area contributed by atoms with E-state index in [1.807, 2.05) is 0 Å². The maximum absolute atomic E-state index is 13.5. The minimum absolute atomic E-state index is 0.0603. The number of rotatable bonds is 7. The third-order valence-electron chi connectivity index (χ3n) is 4.29. The van der Waals surface area contributed by atoms with E-state index in [1.165, 1.54) is 24.0 Å². The van der Waals surface area contributed by atoms with Gasteiger partial charge in [-0.3, -0.25) is 0 Å². The Morgan fingerprint density at radius 2 is 2.00 bits per heavy atom. The van der Waals surface area contributed by atoms with E-state index in [2.05, 4.69) is 15.4 Å². The zero-order chi connectivity index (χ0) is 21.8. The molecule has 0 fully saturated rings. The van der Waals surface area contributed by atoms with Gasteiger partial charge in [-0.15, -0.1) is 0 Å². The highest BCUT2D eigenvalue weighted by atomic mass is 32.2. The first-order valence-corrected chi connectivity index (χ1v) is 10.6. The van der Waals surface area contributed by atoms with Crippen LogP contribution in [0.4, 0.5) is 23.7 Å². The van der Waals surface area contributed by atoms with Crippen LogP contribution in [0.3, 0.4) is 0 Å². The number of alkyl halides is 3. The Hall–Kier alpha value is -2.63. The molecule has 2 amide bonds. The van der Waals surface area contributed by atoms with E-state index in [1.54, 1.807) is 13.8 Å². The molecule has 0 saturated heterocycles. The monoisotopic (exact) mass is 433 g/mol. The van der Waals surface area contributed by atoms with Gasteiger partial charge in [-0.25, -0.2) is 22.9 Å². The number of nitrogens with zero attached hydrogens (tertiary/aromatic N) is 4. The number of halogens is 3. The fraction of sp³-hybridized carbons (Fsp3) is 0.471. The Labute approximate surface area is 166 Å². The molecule has 0 aliphatic rings. The molecule has 0 aliphatic carbocycles. The number of anilines is 1. The van der Waals surface area contributed by atoms with Crippen LogP contribution in [0.1, 0.15) is 26.3 Å². The van der Waals surface area contributed by atoms with Crippen LogP contribution in [0.15, 0.2) is 30.9 Å². The average Bonchev–Trinajstić information content (AvgIpc) is 3.15. The van der Waals surface area contributed by atoms with Crippen molar-refractivity contribution in [2.45, 2.75) is 33.0 Å². The lowest BCUT2D eigenvalue weighted by atomic mass is 10.1. The highest BCUT2D eigenvalue weighted by Gasteiger charge is 2.35. The van der Waals surface area contributed by atoms with Crippen molar-refractivity contribution in [2.24, 2.45) is 0 Å². The molecule has 12 heteroatoms. The molecule has 1 atom stereocenters. The maximum Gasteiger partial charge on any atom is 0.418 e. The van der Waals surface area contributed by atoms with E-state index >= 15 is 0 Å². The molecule has 0 bridgehead atoms. The van der Waals surface area contributed by atoms with Crippen LogP contribution in [0.2, 0.25) is 0 Å². The van der Waals surface area contributed by atoms with E-state index in [0.29, 0.717) is 0 Å². The molecule has 2 aromatic rings. The number of nitrogens with one attached hydrogen (secondary N) is 1. The number of amides is 2. The van der Waals surface area contributed by atoms with Gasteiger partial charge in [0.25, 0.3) is 0 Å². The Kier molecular flexibility index (Phi) is 6.88. The van der Waals surface area contributed by atoms with Gasteiger partial charge in [-0.1, -0.05) is 6.92 Å². The predicted molar refractivity (Wildman–Crippen MR) is 102 cm³/mol. The Balaban J connectivity index is 2.27. The lowest BCUT2D eigenvalue weighted by Crippen LogP contribution is -2.44. The summed E-state index contributed by atoms with van der Waals surface area (Å²) in [7, 11) is -3.32. The van der Waals surface area contributed by atoms with Gasteiger partial charge in [0.15, 0.2) is 9.84 Å². The number of benzene rings is 1. The van der Waals surface area contributed by atoms with Crippen molar-refractivity contribution < 1.29 is 26.4 Å². The number of carbonyl (C=O) groups is 1. The quantitative estimate of drug-likeness (QED) is 0.724. The molecule has 29 heavy (non-hydrogen) atoms. The topological polar surface area (TPSA) is 97.2 Å². The highest BCUT2D eigenvalue weighted by molar-refractivity contribution is 7.91. The van der Waals surface area contributed by atoms with Crippen molar-refractivity contribution in [3.05, 3.63) is 36.4 Å². The van der Waals surface area contributed by atoms with Gasteiger partial charge in [0.2, 0.25) is 0 Å². The van der Waals surface area contributed by atoms with Crippen molar-refractivity contribution in [3.8, 4) is 5.69 Å². The van der Waals surface area contributed by atoms with Crippen molar-refractivity contribution in [1.29, 1.82) is 0 Å². The van der Waals surface area contributed by atoms with E-state index in [0.717, 1.165) is 23.4 Å². The summed E-state index contributed by atoms with van der Waals surface area (Å²) in [5, 5.41) is 6.12. The van der Waals surface area contributed by atoms with Gasteiger partial charge in [0.05, 0.1) is 17.0 Å². The first-order chi connectivity index (χ1) is 13.5. The standard InChI is InChI=1S/C17H22F3N5O3S/c1-4-24(12(3)9-29(27,28)5-2)16(26)23-13-6-7-15(25-11-21-10-22-25)14(8-13)17(18,19)20/h6-8,10-12H,4-5,9H2,1-3H3,(H,23,26)/t12-/m1/s1. The second kappa shape index (κ2) is 8.80. The van der Waals surface area contributed by atoms with E-state index in [9.17, 15) is 26.4 Å². The van der Waals surface area contributed by atoms with Crippen LogP contribution in [0, 0.1) is 0 Å². The molecular formula is C17H22F3N5O3S. The normalized spacial score (nSPS) is 13.2. The lowest BCUT2D eigenvalue weighted by molar-refractivity contribution is -0.137. The zero-order valence-corrected chi connectivity index (χ0v) is 17.0. The van der Waals surface area contributed by atoms with Crippen LogP contribution in [0.5, 0.6) is 0 Å². The second-order valence-corrected chi connectivity index (χ2v) is 8.73. The largest absolute Gasteiger partial charge is 0.418 e. The second-order valence-electron chi connectivity index (χ2n) is 6.33. The van der Waals surface area contributed by atoms with Crippen molar-refractivity contribution in [2.75, 3.05) is 23.4 Å². The molecule has 1 aromatic carbocycles. The Bertz CT molecular complexity index is 946. The summed E-state index contributed by atoms with van der Waals surface area (Å²) in [6.07, 6.45) is -2.44. The number of sulfone groups is 1. The highest BCUT2D eigenvalue weighted by Crippen LogP contribution is 2.35. The summed E-state index contributed by atoms with van der Waals surface area (Å²) in [5.74, 6) is -0.293. The first-order valence-electron chi connectivity index (χ1n) is 8.82. The third-order valence-corrected chi connectivity index (χ3v) is 6.16. The smallest absolute Gasteiger partial charge is 0.321 e. The van der Waals surface area contributed by atoms with Crippen LogP contribution in [-0.4, -0.2) is 58.2 Å². The summed E-state index contributed by atoms with van der Waals surface area (Å²) >= 11 is 0. The van der Waals surface area contributed by atoms with E-state index < -0.39 is 33.6 Å². The fourth-order valence-electron chi connectivity index (χ4n) is 2.80. The minimum Gasteiger partial charge on any atom is -0.321 e. The molecule has 0 spiro atoms. The van der Waals surface area contributed by atoms with E-state index in [-0.39, 0.29) is 29.4 Å². The Morgan fingerprint density at radius 1 is 1.31 bits per heavy atom. The number of urea groups is 1. The van der Waals surface area contributed by atoms with Gasteiger partial charge >= 0.3 is 12.2 Å². The lowest BCUT2D eigenvalue weighted by Gasteiger charge is -2.28. The third kappa shape index (κ3) is 5.68. The summed E-state index contributed by atoms with van der Waals surface area (Å²) in [6, 6.07) is 1.96. The van der Waals surface area contributed by atoms with Crippen LogP contribution >= 0.6 is 0 Å². The van der Waals surface area contributed by atoms with E-state index in [4.69, 9.17) is 0 Å². The van der Waals surface area contributed by atoms with Crippen molar-refractivity contribution in [1.82, 2.24) is 19.7 Å². The molecule has 0 saturated carbocycles. The molecule has 0 radical (unpaired) electrons. The van der Waals surface area contributed by atoms with Crippen molar-refractivity contribution in [3.63, 3.8) is 0 Å². The van der Waals surface area contributed by atoms with Gasteiger partial charge < -0.3 is 10.2 Å². The molecule has 160 valence electrons. The molecule has 0 unspecified atom stereocenters. The first kappa shape index (κ1) is 22.7. The number of hydrogen-bond acceptors (Lipinski definition) is 5. The molecule has 2 rings (SSSR count). The fourth-order valence-corrected chi connectivity index (χ4v) is 3.95. The SMILES string of the molecule is CCN(C(=O)Nc1ccc(-n2cncn2)c(C(F)(F)F)c1)[C@H](C)CS(=O)(=O)CC. The number of carbonyl (C=O) groups excluding carboxylic acids is 1. The molecule has 1 heterocycles. The summed E-state index contributed by atoms with van der Waals surface area (Å²) in [4.78, 5) is 17.4. The Morgan fingerprint density at radius 3 is 2.52 bits per heavy atom. The maximum atomic E-state index is 13.5. The minimum atomic E-state index is -4.69. The molecule has 8 nitrogen and oxygen atoms in total. The summed E-state index contributed by atoms with van der Waals surface area (Å²) in [6.45, 7) is 4.93. The van der Waals surface area contributed by atoms with Crippen LogP contribution < -0.4 is 5.32 Å². The van der Waals surface area contributed by atoms with Gasteiger partial charge in [0.1, 0.15) is 12.7 Å². The summed E-state index contributed by atoms with van der Waals surface area (Å²) in [5.41, 5.74) is -1.30. The molecule has 1 N–H and O–H groups in total.